The summed E-state index contributed by atoms with van der Waals surface area (Å²) < 4.78 is 6.58. The molecule has 0 unspecified atom stereocenters. The lowest BCUT2D eigenvalue weighted by Gasteiger charge is -2.16. The number of hydrogen-bond acceptors (Lipinski definition) is 2. The van der Waals surface area contributed by atoms with Gasteiger partial charge in [-0.2, -0.15) is 0 Å². The number of hydrogen-bond donors (Lipinski definition) is 1. The van der Waals surface area contributed by atoms with E-state index in [4.69, 9.17) is 4.74 Å². The fourth-order valence-electron chi connectivity index (χ4n) is 2.22. The Hall–Kier alpha value is -1.56. The second-order valence-electron chi connectivity index (χ2n) is 5.46. The molecule has 0 radical (unpaired) electrons. The van der Waals surface area contributed by atoms with Gasteiger partial charge in [0.25, 0.3) is 5.91 Å². The molecular formula is C18H20INO2. The summed E-state index contributed by atoms with van der Waals surface area (Å²) in [6, 6.07) is 13.7. The number of carbonyl (C=O) groups excluding carboxylic acids is 1. The summed E-state index contributed by atoms with van der Waals surface area (Å²) >= 11 is 2.19. The Labute approximate surface area is 145 Å². The number of carbonyl (C=O) groups is 1. The van der Waals surface area contributed by atoms with E-state index in [2.05, 4.69) is 41.8 Å². The van der Waals surface area contributed by atoms with E-state index in [9.17, 15) is 4.79 Å². The van der Waals surface area contributed by atoms with Crippen molar-refractivity contribution < 1.29 is 9.53 Å². The monoisotopic (exact) mass is 409 g/mol. The standard InChI is InChI=1S/C18H20INO2/c1-12(2)14-8-6-7-13(3)18(14)20-17(21)11-22-16-10-5-4-9-15(16)19/h4-10,12H,11H2,1-3H3,(H,20,21). The lowest BCUT2D eigenvalue weighted by Crippen LogP contribution is -2.22. The lowest BCUT2D eigenvalue weighted by atomic mass is 9.98. The molecule has 0 aromatic heterocycles. The number of rotatable bonds is 5. The van der Waals surface area contributed by atoms with E-state index in [-0.39, 0.29) is 12.5 Å². The predicted molar refractivity (Wildman–Crippen MR) is 98.6 cm³/mol. The number of aryl methyl sites for hydroxylation is 1. The predicted octanol–water partition coefficient (Wildman–Crippen LogP) is 4.74. The molecule has 4 heteroatoms. The van der Waals surface area contributed by atoms with Crippen LogP contribution in [0.1, 0.15) is 30.9 Å². The molecule has 0 atom stereocenters. The highest BCUT2D eigenvalue weighted by atomic mass is 127. The van der Waals surface area contributed by atoms with Crippen LogP contribution in [0.15, 0.2) is 42.5 Å². The van der Waals surface area contributed by atoms with Crippen LogP contribution in [0, 0.1) is 10.5 Å². The summed E-state index contributed by atoms with van der Waals surface area (Å²) in [5.41, 5.74) is 3.10. The smallest absolute Gasteiger partial charge is 0.262 e. The summed E-state index contributed by atoms with van der Waals surface area (Å²) in [5.74, 6) is 0.939. The Balaban J connectivity index is 2.05. The number of nitrogens with one attached hydrogen (secondary N) is 1. The summed E-state index contributed by atoms with van der Waals surface area (Å²) in [6.45, 7) is 6.24. The van der Waals surface area contributed by atoms with E-state index >= 15 is 0 Å². The number of para-hydroxylation sites is 2. The molecule has 0 aliphatic heterocycles. The van der Waals surface area contributed by atoms with Crippen molar-refractivity contribution in [1.29, 1.82) is 0 Å². The summed E-state index contributed by atoms with van der Waals surface area (Å²) in [7, 11) is 0. The molecule has 2 rings (SSSR count). The van der Waals surface area contributed by atoms with Crippen molar-refractivity contribution in [3.05, 3.63) is 57.2 Å². The van der Waals surface area contributed by atoms with Crippen molar-refractivity contribution in [1.82, 2.24) is 0 Å². The lowest BCUT2D eigenvalue weighted by molar-refractivity contribution is -0.118. The van der Waals surface area contributed by atoms with Gasteiger partial charge < -0.3 is 10.1 Å². The van der Waals surface area contributed by atoms with E-state index in [1.54, 1.807) is 0 Å². The zero-order valence-electron chi connectivity index (χ0n) is 13.0. The Morgan fingerprint density at radius 2 is 1.91 bits per heavy atom. The molecule has 0 aliphatic carbocycles. The SMILES string of the molecule is Cc1cccc(C(C)C)c1NC(=O)COc1ccccc1I. The molecule has 116 valence electrons. The van der Waals surface area contributed by atoms with Gasteiger partial charge in [-0.15, -0.1) is 0 Å². The molecule has 0 heterocycles. The Morgan fingerprint density at radius 3 is 2.59 bits per heavy atom. The molecule has 2 aromatic rings. The summed E-state index contributed by atoms with van der Waals surface area (Å²) in [5, 5.41) is 2.98. The number of anilines is 1. The number of amides is 1. The summed E-state index contributed by atoms with van der Waals surface area (Å²) in [6.07, 6.45) is 0. The minimum absolute atomic E-state index is 0.00584. The maximum absolute atomic E-state index is 12.2. The van der Waals surface area contributed by atoms with Crippen LogP contribution in [0.2, 0.25) is 0 Å². The van der Waals surface area contributed by atoms with E-state index in [1.165, 1.54) is 0 Å². The number of ether oxygens (including phenoxy) is 1. The topological polar surface area (TPSA) is 38.3 Å². The van der Waals surface area contributed by atoms with Crippen LogP contribution in [0.4, 0.5) is 5.69 Å². The van der Waals surface area contributed by atoms with E-state index in [0.29, 0.717) is 5.92 Å². The first-order chi connectivity index (χ1) is 10.5. The van der Waals surface area contributed by atoms with Gasteiger partial charge in [0.05, 0.1) is 3.57 Å². The molecule has 2 aromatic carbocycles. The van der Waals surface area contributed by atoms with Crippen LogP contribution in [0.3, 0.4) is 0 Å². The molecule has 0 saturated carbocycles. The Morgan fingerprint density at radius 1 is 1.18 bits per heavy atom. The van der Waals surface area contributed by atoms with Crippen molar-refractivity contribution >= 4 is 34.2 Å². The molecule has 1 N–H and O–H groups in total. The highest BCUT2D eigenvalue weighted by Gasteiger charge is 2.12. The van der Waals surface area contributed by atoms with Crippen molar-refractivity contribution in [3.8, 4) is 5.75 Å². The van der Waals surface area contributed by atoms with Gasteiger partial charge in [0.1, 0.15) is 5.75 Å². The zero-order chi connectivity index (χ0) is 16.1. The van der Waals surface area contributed by atoms with Crippen molar-refractivity contribution in [2.24, 2.45) is 0 Å². The molecular weight excluding hydrogens is 389 g/mol. The Kier molecular flexibility index (Phi) is 5.83. The van der Waals surface area contributed by atoms with E-state index in [0.717, 1.165) is 26.1 Å². The first-order valence-electron chi connectivity index (χ1n) is 7.25. The third-order valence-electron chi connectivity index (χ3n) is 3.39. The van der Waals surface area contributed by atoms with Gasteiger partial charge in [-0.3, -0.25) is 4.79 Å². The van der Waals surface area contributed by atoms with E-state index < -0.39 is 0 Å². The maximum Gasteiger partial charge on any atom is 0.262 e. The molecule has 22 heavy (non-hydrogen) atoms. The molecule has 0 bridgehead atoms. The first-order valence-corrected chi connectivity index (χ1v) is 8.33. The van der Waals surface area contributed by atoms with Crippen LogP contribution in [0.25, 0.3) is 0 Å². The number of halogens is 1. The average Bonchev–Trinajstić information content (AvgIpc) is 2.48. The third kappa shape index (κ3) is 4.22. The minimum atomic E-state index is -0.143. The minimum Gasteiger partial charge on any atom is -0.483 e. The molecule has 0 aliphatic rings. The zero-order valence-corrected chi connectivity index (χ0v) is 15.2. The van der Waals surface area contributed by atoms with Crippen LogP contribution in [0.5, 0.6) is 5.75 Å². The molecule has 0 fully saturated rings. The second-order valence-corrected chi connectivity index (χ2v) is 6.62. The van der Waals surface area contributed by atoms with Gasteiger partial charge in [-0.1, -0.05) is 44.2 Å². The number of benzene rings is 2. The molecule has 0 spiro atoms. The maximum atomic E-state index is 12.2. The third-order valence-corrected chi connectivity index (χ3v) is 4.28. The molecule has 3 nitrogen and oxygen atoms in total. The van der Waals surface area contributed by atoms with Gasteiger partial charge in [-0.05, 0) is 58.7 Å². The Bertz CT molecular complexity index is 668. The van der Waals surface area contributed by atoms with Crippen molar-refractivity contribution in [2.45, 2.75) is 26.7 Å². The van der Waals surface area contributed by atoms with Gasteiger partial charge >= 0.3 is 0 Å². The first kappa shape index (κ1) is 16.8. The van der Waals surface area contributed by atoms with Crippen LogP contribution < -0.4 is 10.1 Å². The van der Waals surface area contributed by atoms with Crippen molar-refractivity contribution in [3.63, 3.8) is 0 Å². The second kappa shape index (κ2) is 7.63. The highest BCUT2D eigenvalue weighted by Crippen LogP contribution is 2.27. The molecule has 0 saturated heterocycles. The van der Waals surface area contributed by atoms with Crippen LogP contribution in [-0.4, -0.2) is 12.5 Å². The molecule has 1 amide bonds. The van der Waals surface area contributed by atoms with E-state index in [1.807, 2.05) is 49.4 Å². The van der Waals surface area contributed by atoms with Gasteiger partial charge in [0.15, 0.2) is 6.61 Å². The van der Waals surface area contributed by atoms with Gasteiger partial charge in [0, 0.05) is 5.69 Å². The normalized spacial score (nSPS) is 10.6. The highest BCUT2D eigenvalue weighted by molar-refractivity contribution is 14.1. The van der Waals surface area contributed by atoms with Gasteiger partial charge in [0.2, 0.25) is 0 Å². The largest absolute Gasteiger partial charge is 0.483 e. The fraction of sp³-hybridized carbons (Fsp3) is 0.278. The van der Waals surface area contributed by atoms with Crippen LogP contribution >= 0.6 is 22.6 Å². The average molecular weight is 409 g/mol. The van der Waals surface area contributed by atoms with Crippen molar-refractivity contribution in [2.75, 3.05) is 11.9 Å². The van der Waals surface area contributed by atoms with Gasteiger partial charge in [-0.25, -0.2) is 0 Å². The summed E-state index contributed by atoms with van der Waals surface area (Å²) in [4.78, 5) is 12.2. The fourth-order valence-corrected chi connectivity index (χ4v) is 2.77. The van der Waals surface area contributed by atoms with Crippen LogP contribution in [-0.2, 0) is 4.79 Å². The quantitative estimate of drug-likeness (QED) is 0.725.